The van der Waals surface area contributed by atoms with Crippen molar-refractivity contribution in [1.29, 1.82) is 0 Å². The maximum Gasteiger partial charge on any atom is 0.320 e. The number of benzene rings is 2. The summed E-state index contributed by atoms with van der Waals surface area (Å²) in [5, 5.41) is 9.69. The molecule has 194 valence electrons. The number of carbonyl (C=O) groups excluding carboxylic acids is 2. The average molecular weight is 543 g/mol. The highest BCUT2D eigenvalue weighted by molar-refractivity contribution is 7.89. The first-order chi connectivity index (χ1) is 17.2. The van der Waals surface area contributed by atoms with Crippen molar-refractivity contribution >= 4 is 33.6 Å². The lowest BCUT2D eigenvalue weighted by Gasteiger charge is -2.41. The molecule has 2 fully saturated rings. The van der Waals surface area contributed by atoms with Gasteiger partial charge < -0.3 is 19.3 Å². The molecule has 2 aliphatic rings. The molecule has 4 rings (SSSR count). The monoisotopic (exact) mass is 542 g/mol. The van der Waals surface area contributed by atoms with E-state index in [1.165, 1.54) is 22.5 Å². The van der Waals surface area contributed by atoms with Crippen LogP contribution in [0.2, 0.25) is 5.02 Å². The van der Waals surface area contributed by atoms with Crippen LogP contribution in [0.5, 0.6) is 11.5 Å². The highest BCUT2D eigenvalue weighted by atomic mass is 35.5. The van der Waals surface area contributed by atoms with Gasteiger partial charge in [0.15, 0.2) is 11.6 Å². The van der Waals surface area contributed by atoms with Crippen LogP contribution in [0.25, 0.3) is 0 Å². The molecule has 0 spiro atoms. The van der Waals surface area contributed by atoms with Crippen LogP contribution in [0.4, 0.5) is 9.18 Å². The van der Waals surface area contributed by atoms with Crippen LogP contribution in [0.3, 0.4) is 0 Å². The smallest absolute Gasteiger partial charge is 0.320 e. The number of nitrogens with zero attached hydrogens (tertiary/aromatic N) is 3. The molecule has 2 saturated heterocycles. The number of urea groups is 1. The van der Waals surface area contributed by atoms with E-state index in [-0.39, 0.29) is 31.4 Å². The van der Waals surface area contributed by atoms with Crippen molar-refractivity contribution in [3.05, 3.63) is 53.3 Å². The Morgan fingerprint density at radius 1 is 1.06 bits per heavy atom. The van der Waals surface area contributed by atoms with E-state index in [0.29, 0.717) is 37.1 Å². The van der Waals surface area contributed by atoms with Crippen LogP contribution >= 0.6 is 11.6 Å². The molecule has 0 radical (unpaired) electrons. The number of ether oxygens (including phenoxy) is 2. The van der Waals surface area contributed by atoms with E-state index in [0.717, 1.165) is 22.5 Å². The Balaban J connectivity index is 1.54. The molecule has 0 aromatic heterocycles. The number of nitrogens with one attached hydrogen (secondary N) is 1. The third-order valence-electron chi connectivity index (χ3n) is 5.85. The number of sulfonamides is 1. The van der Waals surface area contributed by atoms with Crippen molar-refractivity contribution in [3.8, 4) is 11.5 Å². The number of hydrogen-bond acceptors (Lipinski definition) is 7. The van der Waals surface area contributed by atoms with E-state index in [2.05, 4.69) is 0 Å². The normalized spacial score (nSPS) is 19.1. The van der Waals surface area contributed by atoms with Crippen LogP contribution < -0.4 is 10.2 Å². The number of piperazine rings is 1. The molecule has 2 aliphatic heterocycles. The Morgan fingerprint density at radius 3 is 2.39 bits per heavy atom. The molecule has 0 saturated carbocycles. The van der Waals surface area contributed by atoms with Crippen molar-refractivity contribution in [2.24, 2.45) is 0 Å². The molecular weight excluding hydrogens is 519 g/mol. The molecule has 2 heterocycles. The van der Waals surface area contributed by atoms with Crippen LogP contribution in [0, 0.1) is 5.82 Å². The summed E-state index contributed by atoms with van der Waals surface area (Å²) in [6.07, 6.45) is 0. The molecule has 2 aromatic rings. The summed E-state index contributed by atoms with van der Waals surface area (Å²) in [4.78, 5) is 27.7. The van der Waals surface area contributed by atoms with Gasteiger partial charge in [0, 0.05) is 37.7 Å². The van der Waals surface area contributed by atoms with Gasteiger partial charge in [-0.3, -0.25) is 10.0 Å². The van der Waals surface area contributed by atoms with Gasteiger partial charge in [0.2, 0.25) is 10.0 Å². The van der Waals surface area contributed by atoms with Gasteiger partial charge >= 0.3 is 6.03 Å². The molecule has 3 amide bonds. The molecular formula is C22H24ClFN4O7S. The summed E-state index contributed by atoms with van der Waals surface area (Å²) in [7, 11) is -4.38. The zero-order chi connectivity index (χ0) is 25.9. The molecule has 0 unspecified atom stereocenters. The van der Waals surface area contributed by atoms with Gasteiger partial charge in [-0.25, -0.2) is 23.1 Å². The predicted molar refractivity (Wildman–Crippen MR) is 125 cm³/mol. The molecule has 14 heteroatoms. The molecule has 11 nitrogen and oxygen atoms in total. The van der Waals surface area contributed by atoms with E-state index in [1.54, 1.807) is 17.0 Å². The second-order valence-corrected chi connectivity index (χ2v) is 10.4. The third kappa shape index (κ3) is 5.55. The van der Waals surface area contributed by atoms with Gasteiger partial charge in [0.25, 0.3) is 5.91 Å². The first-order valence-electron chi connectivity index (χ1n) is 11.0. The van der Waals surface area contributed by atoms with Gasteiger partial charge in [0.1, 0.15) is 11.8 Å². The lowest BCUT2D eigenvalue weighted by Crippen LogP contribution is -2.63. The SMILES string of the molecule is O=C(NO)[C@@H]1CN(C(=O)N2CCOCC2)CCN1S(=O)(=O)c1ccc(Oc2ccc(Cl)cc2)c(F)c1. The zero-order valence-electron chi connectivity index (χ0n) is 19.0. The summed E-state index contributed by atoms with van der Waals surface area (Å²) in [6, 6.07) is 7.50. The van der Waals surface area contributed by atoms with Gasteiger partial charge in [-0.1, -0.05) is 11.6 Å². The number of carbonyl (C=O) groups is 2. The van der Waals surface area contributed by atoms with E-state index < -0.39 is 32.7 Å². The van der Waals surface area contributed by atoms with Crippen LogP contribution in [0.1, 0.15) is 0 Å². The second kappa shape index (κ2) is 11.0. The van der Waals surface area contributed by atoms with E-state index in [4.69, 9.17) is 21.1 Å². The summed E-state index contributed by atoms with van der Waals surface area (Å²) < 4.78 is 53.1. The Bertz CT molecular complexity index is 1230. The van der Waals surface area contributed by atoms with Crippen molar-refractivity contribution in [3.63, 3.8) is 0 Å². The molecule has 2 aromatic carbocycles. The standard InChI is InChI=1S/C22H24ClFN4O7S/c23-15-1-3-16(4-2-15)35-20-6-5-17(13-18(20)24)36(32,33)28-8-7-27(14-19(28)21(29)25-31)22(30)26-9-11-34-12-10-26/h1-6,13,19,31H,7-12,14H2,(H,25,29)/t19-/m0/s1. The quantitative estimate of drug-likeness (QED) is 0.436. The highest BCUT2D eigenvalue weighted by Crippen LogP contribution is 2.30. The van der Waals surface area contributed by atoms with Crippen molar-refractivity contribution < 1.29 is 37.1 Å². The molecule has 1 atom stereocenters. The molecule has 2 N–H and O–H groups in total. The minimum Gasteiger partial charge on any atom is -0.454 e. The first kappa shape index (κ1) is 26.1. The van der Waals surface area contributed by atoms with Crippen LogP contribution in [-0.2, 0) is 19.6 Å². The maximum atomic E-state index is 14.8. The Hall–Kier alpha value is -2.97. The molecule has 0 aliphatic carbocycles. The average Bonchev–Trinajstić information content (AvgIpc) is 2.90. The summed E-state index contributed by atoms with van der Waals surface area (Å²) in [6.45, 7) is 0.984. The lowest BCUT2D eigenvalue weighted by molar-refractivity contribution is -0.134. The number of rotatable bonds is 5. The van der Waals surface area contributed by atoms with Gasteiger partial charge in [-0.05, 0) is 42.5 Å². The number of morpholine rings is 1. The van der Waals surface area contributed by atoms with E-state index in [9.17, 15) is 27.6 Å². The van der Waals surface area contributed by atoms with Crippen molar-refractivity contribution in [2.45, 2.75) is 10.9 Å². The van der Waals surface area contributed by atoms with Crippen LogP contribution in [-0.4, -0.2) is 91.6 Å². The number of hydrogen-bond donors (Lipinski definition) is 2. The fraction of sp³-hybridized carbons (Fsp3) is 0.364. The Kier molecular flexibility index (Phi) is 7.95. The molecule has 36 heavy (non-hydrogen) atoms. The number of amides is 3. The Labute approximate surface area is 211 Å². The van der Waals surface area contributed by atoms with E-state index in [1.807, 2.05) is 0 Å². The third-order valence-corrected chi connectivity index (χ3v) is 8.00. The second-order valence-electron chi connectivity index (χ2n) is 8.08. The molecule has 0 bridgehead atoms. The highest BCUT2D eigenvalue weighted by Gasteiger charge is 2.42. The maximum absolute atomic E-state index is 14.8. The largest absolute Gasteiger partial charge is 0.454 e. The number of hydroxylamine groups is 1. The van der Waals surface area contributed by atoms with Gasteiger partial charge in [-0.15, -0.1) is 0 Å². The summed E-state index contributed by atoms with van der Waals surface area (Å²) >= 11 is 5.83. The predicted octanol–water partition coefficient (Wildman–Crippen LogP) is 1.90. The fourth-order valence-corrected chi connectivity index (χ4v) is 5.67. The topological polar surface area (TPSA) is 129 Å². The zero-order valence-corrected chi connectivity index (χ0v) is 20.5. The van der Waals surface area contributed by atoms with Crippen LogP contribution in [0.15, 0.2) is 47.4 Å². The fourth-order valence-electron chi connectivity index (χ4n) is 3.96. The minimum atomic E-state index is -4.38. The summed E-state index contributed by atoms with van der Waals surface area (Å²) in [5.74, 6) is -1.85. The van der Waals surface area contributed by atoms with Gasteiger partial charge in [-0.2, -0.15) is 4.31 Å². The number of halogens is 2. The lowest BCUT2D eigenvalue weighted by atomic mass is 10.2. The van der Waals surface area contributed by atoms with Gasteiger partial charge in [0.05, 0.1) is 18.1 Å². The Morgan fingerprint density at radius 2 is 1.75 bits per heavy atom. The first-order valence-corrected chi connectivity index (χ1v) is 12.8. The van der Waals surface area contributed by atoms with Crippen molar-refractivity contribution in [1.82, 2.24) is 19.6 Å². The van der Waals surface area contributed by atoms with E-state index >= 15 is 0 Å². The summed E-state index contributed by atoms with van der Waals surface area (Å²) in [5.41, 5.74) is 1.46. The minimum absolute atomic E-state index is 0.00483. The van der Waals surface area contributed by atoms with Crippen molar-refractivity contribution in [2.75, 3.05) is 45.9 Å².